The first-order valence-electron chi connectivity index (χ1n) is 5.87. The summed E-state index contributed by atoms with van der Waals surface area (Å²) in [6, 6.07) is 2.01. The van der Waals surface area contributed by atoms with E-state index in [0.717, 1.165) is 40.6 Å². The molecule has 0 bridgehead atoms. The van der Waals surface area contributed by atoms with E-state index in [1.54, 1.807) is 0 Å². The Hall–Kier alpha value is -0.940. The lowest BCUT2D eigenvalue weighted by atomic mass is 10.2. The summed E-state index contributed by atoms with van der Waals surface area (Å²) in [7, 11) is 0. The molecule has 5 heteroatoms. The third-order valence-electron chi connectivity index (χ3n) is 3.17. The number of nitrogens with zero attached hydrogens (tertiary/aromatic N) is 3. The second-order valence-electron chi connectivity index (χ2n) is 4.38. The summed E-state index contributed by atoms with van der Waals surface area (Å²) in [5.41, 5.74) is 2.08. The molecule has 1 aliphatic rings. The molecule has 2 aromatic heterocycles. The van der Waals surface area contributed by atoms with E-state index < -0.39 is 0 Å². The Kier molecular flexibility index (Phi) is 2.88. The van der Waals surface area contributed by atoms with E-state index in [2.05, 4.69) is 26.0 Å². The van der Waals surface area contributed by atoms with E-state index in [0.29, 0.717) is 0 Å². The number of aromatic nitrogens is 3. The first kappa shape index (κ1) is 11.2. The Morgan fingerprint density at radius 3 is 3.12 bits per heavy atom. The predicted molar refractivity (Wildman–Crippen MR) is 68.8 cm³/mol. The number of pyridine rings is 1. The van der Waals surface area contributed by atoms with Crippen molar-refractivity contribution < 1.29 is 4.74 Å². The summed E-state index contributed by atoms with van der Waals surface area (Å²) in [6.45, 7) is 2.85. The number of hydrogen-bond acceptors (Lipinski definition) is 3. The highest BCUT2D eigenvalue weighted by atomic mass is 79.9. The molecule has 1 saturated heterocycles. The van der Waals surface area contributed by atoms with Gasteiger partial charge in [-0.15, -0.1) is 0 Å². The van der Waals surface area contributed by atoms with Crippen molar-refractivity contribution in [2.24, 2.45) is 0 Å². The minimum absolute atomic E-state index is 0.0722. The van der Waals surface area contributed by atoms with Crippen LogP contribution in [-0.4, -0.2) is 21.4 Å². The highest BCUT2D eigenvalue weighted by Crippen LogP contribution is 2.28. The van der Waals surface area contributed by atoms with Gasteiger partial charge >= 0.3 is 0 Å². The third-order valence-corrected chi connectivity index (χ3v) is 3.61. The maximum Gasteiger partial charge on any atom is 0.150 e. The SMILES string of the molecule is Cc1nn(C2CCCCO2)c2cnc(Br)cc12. The number of rotatable bonds is 1. The number of halogens is 1. The zero-order chi connectivity index (χ0) is 11.8. The molecule has 1 atom stereocenters. The van der Waals surface area contributed by atoms with Crippen molar-refractivity contribution in [1.29, 1.82) is 0 Å². The van der Waals surface area contributed by atoms with Gasteiger partial charge in [0.25, 0.3) is 0 Å². The summed E-state index contributed by atoms with van der Waals surface area (Å²) >= 11 is 3.39. The zero-order valence-corrected chi connectivity index (χ0v) is 11.3. The molecule has 3 heterocycles. The molecule has 2 aromatic rings. The molecule has 3 rings (SSSR count). The van der Waals surface area contributed by atoms with E-state index in [1.807, 2.05) is 23.9 Å². The van der Waals surface area contributed by atoms with Gasteiger partial charge in [0, 0.05) is 12.0 Å². The molecule has 0 spiro atoms. The number of hydrogen-bond donors (Lipinski definition) is 0. The predicted octanol–water partition coefficient (Wildman–Crippen LogP) is 3.20. The van der Waals surface area contributed by atoms with Crippen molar-refractivity contribution in [2.45, 2.75) is 32.4 Å². The van der Waals surface area contributed by atoms with Crippen LogP contribution in [0.15, 0.2) is 16.9 Å². The molecule has 1 fully saturated rings. The van der Waals surface area contributed by atoms with Crippen LogP contribution in [0.3, 0.4) is 0 Å². The fraction of sp³-hybridized carbons (Fsp3) is 0.500. The van der Waals surface area contributed by atoms with E-state index in [4.69, 9.17) is 4.74 Å². The second-order valence-corrected chi connectivity index (χ2v) is 5.19. The average molecular weight is 296 g/mol. The average Bonchev–Trinajstić information content (AvgIpc) is 2.68. The van der Waals surface area contributed by atoms with Gasteiger partial charge in [0.15, 0.2) is 6.23 Å². The molecule has 90 valence electrons. The maximum atomic E-state index is 5.78. The van der Waals surface area contributed by atoms with Crippen molar-refractivity contribution >= 4 is 26.8 Å². The van der Waals surface area contributed by atoms with E-state index in [9.17, 15) is 0 Å². The Labute approximate surface area is 108 Å². The zero-order valence-electron chi connectivity index (χ0n) is 9.69. The number of ether oxygens (including phenoxy) is 1. The molecule has 0 amide bonds. The highest BCUT2D eigenvalue weighted by Gasteiger charge is 2.20. The van der Waals surface area contributed by atoms with E-state index >= 15 is 0 Å². The lowest BCUT2D eigenvalue weighted by molar-refractivity contribution is -0.0368. The summed E-state index contributed by atoms with van der Waals surface area (Å²) in [4.78, 5) is 4.28. The third kappa shape index (κ3) is 1.98. The van der Waals surface area contributed by atoms with Crippen molar-refractivity contribution in [3.8, 4) is 0 Å². The molecule has 0 aromatic carbocycles. The van der Waals surface area contributed by atoms with Gasteiger partial charge in [-0.05, 0) is 48.2 Å². The summed E-state index contributed by atoms with van der Waals surface area (Å²) < 4.78 is 8.60. The van der Waals surface area contributed by atoms with Gasteiger partial charge in [0.1, 0.15) is 4.60 Å². The van der Waals surface area contributed by atoms with Crippen LogP contribution < -0.4 is 0 Å². The van der Waals surface area contributed by atoms with Gasteiger partial charge in [-0.25, -0.2) is 9.67 Å². The normalized spacial score (nSPS) is 20.9. The second kappa shape index (κ2) is 4.38. The van der Waals surface area contributed by atoms with Gasteiger partial charge in [0.2, 0.25) is 0 Å². The van der Waals surface area contributed by atoms with Crippen molar-refractivity contribution in [1.82, 2.24) is 14.8 Å². The fourth-order valence-electron chi connectivity index (χ4n) is 2.30. The van der Waals surface area contributed by atoms with Gasteiger partial charge in [0.05, 0.1) is 17.4 Å². The molecule has 0 saturated carbocycles. The van der Waals surface area contributed by atoms with Crippen LogP contribution in [-0.2, 0) is 4.74 Å². The van der Waals surface area contributed by atoms with Gasteiger partial charge in [-0.3, -0.25) is 0 Å². The Bertz CT molecular complexity index is 546. The summed E-state index contributed by atoms with van der Waals surface area (Å²) in [6.07, 6.45) is 5.32. The molecular weight excluding hydrogens is 282 g/mol. The summed E-state index contributed by atoms with van der Waals surface area (Å²) in [5, 5.41) is 5.73. The minimum atomic E-state index is 0.0722. The van der Waals surface area contributed by atoms with Crippen LogP contribution in [0.5, 0.6) is 0 Å². The molecular formula is C12H14BrN3O. The standard InChI is InChI=1S/C12H14BrN3O/c1-8-9-6-11(13)14-7-10(9)16(15-8)12-4-2-3-5-17-12/h6-7,12H,2-5H2,1H3. The maximum absolute atomic E-state index is 5.78. The lowest BCUT2D eigenvalue weighted by Gasteiger charge is -2.23. The van der Waals surface area contributed by atoms with Crippen molar-refractivity contribution in [3.63, 3.8) is 0 Å². The van der Waals surface area contributed by atoms with Crippen molar-refractivity contribution in [3.05, 3.63) is 22.6 Å². The van der Waals surface area contributed by atoms with Gasteiger partial charge in [-0.1, -0.05) is 0 Å². The van der Waals surface area contributed by atoms with Crippen LogP contribution in [0.1, 0.15) is 31.2 Å². The Morgan fingerprint density at radius 1 is 1.47 bits per heavy atom. The molecule has 1 unspecified atom stereocenters. The molecule has 17 heavy (non-hydrogen) atoms. The van der Waals surface area contributed by atoms with Crippen LogP contribution >= 0.6 is 15.9 Å². The fourth-order valence-corrected chi connectivity index (χ4v) is 2.63. The lowest BCUT2D eigenvalue weighted by Crippen LogP contribution is -2.19. The Balaban J connectivity index is 2.10. The molecule has 0 radical (unpaired) electrons. The monoisotopic (exact) mass is 295 g/mol. The molecule has 0 aliphatic carbocycles. The van der Waals surface area contributed by atoms with E-state index in [1.165, 1.54) is 6.42 Å². The minimum Gasteiger partial charge on any atom is -0.356 e. The van der Waals surface area contributed by atoms with Crippen molar-refractivity contribution in [2.75, 3.05) is 6.61 Å². The quantitative estimate of drug-likeness (QED) is 0.759. The molecule has 4 nitrogen and oxygen atoms in total. The highest BCUT2D eigenvalue weighted by molar-refractivity contribution is 9.10. The smallest absolute Gasteiger partial charge is 0.150 e. The first-order valence-corrected chi connectivity index (χ1v) is 6.67. The van der Waals surface area contributed by atoms with Crippen LogP contribution in [0.2, 0.25) is 0 Å². The van der Waals surface area contributed by atoms with Crippen LogP contribution in [0.4, 0.5) is 0 Å². The molecule has 1 aliphatic heterocycles. The first-order chi connectivity index (χ1) is 8.25. The topological polar surface area (TPSA) is 39.9 Å². The van der Waals surface area contributed by atoms with Gasteiger partial charge in [-0.2, -0.15) is 5.10 Å². The van der Waals surface area contributed by atoms with Gasteiger partial charge < -0.3 is 4.74 Å². The number of fused-ring (bicyclic) bond motifs is 1. The molecule has 0 N–H and O–H groups in total. The Morgan fingerprint density at radius 2 is 2.35 bits per heavy atom. The number of aryl methyl sites for hydroxylation is 1. The largest absolute Gasteiger partial charge is 0.356 e. The summed E-state index contributed by atoms with van der Waals surface area (Å²) in [5.74, 6) is 0. The van der Waals surface area contributed by atoms with Crippen LogP contribution in [0.25, 0.3) is 10.9 Å². The van der Waals surface area contributed by atoms with E-state index in [-0.39, 0.29) is 6.23 Å². The van der Waals surface area contributed by atoms with Crippen LogP contribution in [0, 0.1) is 6.92 Å².